The molecule has 0 spiro atoms. The highest BCUT2D eigenvalue weighted by atomic mass is 14.9. The quantitative estimate of drug-likeness (QED) is 0.876. The smallest absolute Gasteiger partial charge is 0.0513 e. The van der Waals surface area contributed by atoms with E-state index in [0.717, 1.165) is 6.54 Å². The lowest BCUT2D eigenvalue weighted by atomic mass is 9.84. The molecule has 0 aliphatic carbocycles. The van der Waals surface area contributed by atoms with E-state index in [9.17, 15) is 0 Å². The summed E-state index contributed by atoms with van der Waals surface area (Å²) in [7, 11) is 4.16. The molecule has 0 fully saturated rings. The molecule has 0 aliphatic rings. The van der Waals surface area contributed by atoms with Gasteiger partial charge in [-0.05, 0) is 37.6 Å². The van der Waals surface area contributed by atoms with Crippen LogP contribution < -0.4 is 5.32 Å². The second-order valence-corrected chi connectivity index (χ2v) is 5.97. The van der Waals surface area contributed by atoms with Crippen LogP contribution in [0.3, 0.4) is 0 Å². The van der Waals surface area contributed by atoms with Crippen LogP contribution in [0.4, 0.5) is 0 Å². The largest absolute Gasteiger partial charge is 0.350 e. The van der Waals surface area contributed by atoms with E-state index in [1.165, 1.54) is 27.6 Å². The third-order valence-electron chi connectivity index (χ3n) is 4.02. The Bertz CT molecular complexity index is 576. The number of nitrogens with one attached hydrogen (secondary N) is 1. The minimum Gasteiger partial charge on any atom is -0.350 e. The molecule has 0 saturated heterocycles. The summed E-state index contributed by atoms with van der Waals surface area (Å²) in [5.41, 5.74) is 5.70. The summed E-state index contributed by atoms with van der Waals surface area (Å²) < 4.78 is 2.27. The summed E-state index contributed by atoms with van der Waals surface area (Å²) in [5.74, 6) is 0. The van der Waals surface area contributed by atoms with Gasteiger partial charge in [0.05, 0.1) is 5.52 Å². The van der Waals surface area contributed by atoms with Crippen molar-refractivity contribution in [1.29, 1.82) is 0 Å². The number of benzene rings is 1. The third-order valence-corrected chi connectivity index (χ3v) is 4.02. The predicted octanol–water partition coefficient (Wildman–Crippen LogP) is 3.29. The van der Waals surface area contributed by atoms with Crippen molar-refractivity contribution in [1.82, 2.24) is 9.88 Å². The van der Waals surface area contributed by atoms with Crippen LogP contribution in [0.25, 0.3) is 10.9 Å². The van der Waals surface area contributed by atoms with Crippen LogP contribution in [-0.2, 0) is 12.5 Å². The van der Waals surface area contributed by atoms with Gasteiger partial charge in [-0.2, -0.15) is 0 Å². The summed E-state index contributed by atoms with van der Waals surface area (Å²) in [6, 6.07) is 4.50. The topological polar surface area (TPSA) is 17.0 Å². The number of aromatic nitrogens is 1. The normalized spacial score (nSPS) is 12.3. The Labute approximate surface area is 110 Å². The first-order chi connectivity index (χ1) is 8.38. The van der Waals surface area contributed by atoms with Crippen molar-refractivity contribution in [3.63, 3.8) is 0 Å². The average molecular weight is 244 g/mol. The molecule has 0 atom stereocenters. The van der Waals surface area contributed by atoms with E-state index in [4.69, 9.17) is 0 Å². The molecule has 1 N–H and O–H groups in total. The molecule has 0 aliphatic heterocycles. The minimum atomic E-state index is 0.149. The fraction of sp³-hybridized carbons (Fsp3) is 0.500. The summed E-state index contributed by atoms with van der Waals surface area (Å²) >= 11 is 0. The fourth-order valence-corrected chi connectivity index (χ4v) is 2.88. The Balaban J connectivity index is 2.72. The number of rotatable bonds is 3. The van der Waals surface area contributed by atoms with Gasteiger partial charge < -0.3 is 9.88 Å². The Morgan fingerprint density at radius 3 is 2.50 bits per heavy atom. The summed E-state index contributed by atoms with van der Waals surface area (Å²) in [6.45, 7) is 9.98. The molecule has 2 nitrogen and oxygen atoms in total. The Kier molecular flexibility index (Phi) is 3.24. The number of hydrogen-bond donors (Lipinski definition) is 1. The highest BCUT2D eigenvalue weighted by Crippen LogP contribution is 2.33. The van der Waals surface area contributed by atoms with E-state index >= 15 is 0 Å². The van der Waals surface area contributed by atoms with Crippen molar-refractivity contribution in [3.05, 3.63) is 35.0 Å². The predicted molar refractivity (Wildman–Crippen MR) is 79.3 cm³/mol. The minimum absolute atomic E-state index is 0.149. The molecular weight excluding hydrogens is 220 g/mol. The molecule has 98 valence electrons. The van der Waals surface area contributed by atoms with Crippen molar-refractivity contribution >= 4 is 10.9 Å². The molecule has 1 heterocycles. The fourth-order valence-electron chi connectivity index (χ4n) is 2.88. The maximum Gasteiger partial charge on any atom is 0.0513 e. The van der Waals surface area contributed by atoms with Crippen molar-refractivity contribution in [3.8, 4) is 0 Å². The molecule has 2 aromatic rings. The Hall–Kier alpha value is -1.28. The molecule has 0 saturated carbocycles. The van der Waals surface area contributed by atoms with Crippen LogP contribution in [0.5, 0.6) is 0 Å². The molecule has 2 rings (SSSR count). The monoisotopic (exact) mass is 244 g/mol. The molecule has 1 aromatic carbocycles. The maximum atomic E-state index is 3.30. The van der Waals surface area contributed by atoms with Gasteiger partial charge in [0.15, 0.2) is 0 Å². The first kappa shape index (κ1) is 13.2. The van der Waals surface area contributed by atoms with Crippen molar-refractivity contribution in [2.24, 2.45) is 7.05 Å². The van der Waals surface area contributed by atoms with Crippen LogP contribution in [0.15, 0.2) is 18.3 Å². The van der Waals surface area contributed by atoms with Gasteiger partial charge in [0, 0.05) is 30.6 Å². The second-order valence-electron chi connectivity index (χ2n) is 5.97. The van der Waals surface area contributed by atoms with Crippen LogP contribution in [0.2, 0.25) is 0 Å². The van der Waals surface area contributed by atoms with E-state index in [1.54, 1.807) is 0 Å². The van der Waals surface area contributed by atoms with Crippen LogP contribution in [0, 0.1) is 13.8 Å². The average Bonchev–Trinajstić information content (AvgIpc) is 2.62. The van der Waals surface area contributed by atoms with E-state index in [1.807, 2.05) is 7.05 Å². The molecule has 18 heavy (non-hydrogen) atoms. The molecule has 0 bridgehead atoms. The van der Waals surface area contributed by atoms with Gasteiger partial charge in [-0.25, -0.2) is 0 Å². The first-order valence-corrected chi connectivity index (χ1v) is 6.59. The third kappa shape index (κ3) is 1.95. The lowest BCUT2D eigenvalue weighted by molar-refractivity contribution is 0.496. The number of fused-ring (bicyclic) bond motifs is 1. The van der Waals surface area contributed by atoms with Crippen molar-refractivity contribution in [2.45, 2.75) is 33.1 Å². The number of nitrogens with zero attached hydrogens (tertiary/aromatic N) is 1. The first-order valence-electron chi connectivity index (χ1n) is 6.59. The van der Waals surface area contributed by atoms with Gasteiger partial charge in [0.1, 0.15) is 0 Å². The van der Waals surface area contributed by atoms with Gasteiger partial charge >= 0.3 is 0 Å². The Morgan fingerprint density at radius 2 is 1.89 bits per heavy atom. The zero-order valence-electron chi connectivity index (χ0n) is 12.4. The van der Waals surface area contributed by atoms with E-state index in [-0.39, 0.29) is 5.41 Å². The summed E-state index contributed by atoms with van der Waals surface area (Å²) in [6.07, 6.45) is 2.29. The van der Waals surface area contributed by atoms with Crippen LogP contribution in [-0.4, -0.2) is 18.2 Å². The standard InChI is InChI=1S/C16H24N2/c1-11-7-8-13-14(16(3,4)10-17-5)9-18(6)15(13)12(11)2/h7-9,17H,10H2,1-6H3. The van der Waals surface area contributed by atoms with Gasteiger partial charge in [-0.15, -0.1) is 0 Å². The number of hydrogen-bond acceptors (Lipinski definition) is 1. The summed E-state index contributed by atoms with van der Waals surface area (Å²) in [5, 5.41) is 4.69. The van der Waals surface area contributed by atoms with Crippen LogP contribution in [0.1, 0.15) is 30.5 Å². The molecule has 0 amide bonds. The van der Waals surface area contributed by atoms with Gasteiger partial charge in [-0.3, -0.25) is 0 Å². The lowest BCUT2D eigenvalue weighted by Gasteiger charge is -2.24. The van der Waals surface area contributed by atoms with Crippen molar-refractivity contribution in [2.75, 3.05) is 13.6 Å². The molecule has 2 heteroatoms. The van der Waals surface area contributed by atoms with E-state index < -0.39 is 0 Å². The SMILES string of the molecule is CNCC(C)(C)c1cn(C)c2c(C)c(C)ccc12. The molecular formula is C16H24N2. The zero-order valence-corrected chi connectivity index (χ0v) is 12.4. The van der Waals surface area contributed by atoms with Gasteiger partial charge in [0.2, 0.25) is 0 Å². The van der Waals surface area contributed by atoms with Crippen LogP contribution >= 0.6 is 0 Å². The van der Waals surface area contributed by atoms with E-state index in [0.29, 0.717) is 0 Å². The van der Waals surface area contributed by atoms with E-state index in [2.05, 4.69) is 63.0 Å². The highest BCUT2D eigenvalue weighted by molar-refractivity contribution is 5.88. The van der Waals surface area contributed by atoms with Crippen molar-refractivity contribution < 1.29 is 0 Å². The number of aryl methyl sites for hydroxylation is 3. The Morgan fingerprint density at radius 1 is 1.22 bits per heavy atom. The summed E-state index contributed by atoms with van der Waals surface area (Å²) in [4.78, 5) is 0. The molecule has 1 aromatic heterocycles. The van der Waals surface area contributed by atoms with Gasteiger partial charge in [-0.1, -0.05) is 26.0 Å². The molecule has 0 unspecified atom stereocenters. The molecule has 0 radical (unpaired) electrons. The second kappa shape index (κ2) is 4.43. The number of likely N-dealkylation sites (N-methyl/N-ethyl adjacent to an activating group) is 1. The maximum absolute atomic E-state index is 3.30. The zero-order chi connectivity index (χ0) is 13.5. The highest BCUT2D eigenvalue weighted by Gasteiger charge is 2.24. The lowest BCUT2D eigenvalue weighted by Crippen LogP contribution is -2.30. The van der Waals surface area contributed by atoms with Gasteiger partial charge in [0.25, 0.3) is 0 Å².